The smallest absolute Gasteiger partial charge is 0.509 e. The van der Waals surface area contributed by atoms with Gasteiger partial charge in [0.1, 0.15) is 16.7 Å². The van der Waals surface area contributed by atoms with Gasteiger partial charge in [-0.2, -0.15) is 36.2 Å². The molecule has 0 atom stereocenters. The molecule has 15 aromatic rings. The molecule has 0 fully saturated rings. The summed E-state index contributed by atoms with van der Waals surface area (Å²) in [6, 6.07) is 104. The van der Waals surface area contributed by atoms with Crippen LogP contribution in [0.1, 0.15) is 50.1 Å². The molecule has 9 nitrogen and oxygen atoms in total. The van der Waals surface area contributed by atoms with Crippen molar-refractivity contribution in [2.75, 3.05) is 4.90 Å². The molecule has 1 aliphatic rings. The maximum atomic E-state index is 5.53. The van der Waals surface area contributed by atoms with Crippen molar-refractivity contribution in [3.8, 4) is 112 Å². The molecule has 4 heterocycles. The van der Waals surface area contributed by atoms with Gasteiger partial charge in [-0.3, -0.25) is 26.4 Å². The van der Waals surface area contributed by atoms with Gasteiger partial charge in [-0.15, -0.1) is 119 Å². The van der Waals surface area contributed by atoms with Crippen molar-refractivity contribution in [3.05, 3.63) is 353 Å². The molecule has 0 saturated heterocycles. The largest absolute Gasteiger partial charge is 2.00 e. The van der Waals surface area contributed by atoms with Crippen molar-refractivity contribution in [2.24, 2.45) is 7.05 Å². The second-order valence-electron chi connectivity index (χ2n) is 24.8. The molecule has 0 saturated carbocycles. The molecule has 3 aromatic heterocycles. The third-order valence-corrected chi connectivity index (χ3v) is 19.1. The van der Waals surface area contributed by atoms with E-state index >= 15 is 0 Å². The Labute approximate surface area is 677 Å². The normalized spacial score (nSPS) is 11.1. The summed E-state index contributed by atoms with van der Waals surface area (Å²) in [7, 11) is 1.94. The van der Waals surface area contributed by atoms with E-state index in [9.17, 15) is 0 Å². The number of aromatic nitrogens is 7. The van der Waals surface area contributed by atoms with E-state index in [2.05, 4.69) is 274 Å². The number of benzene rings is 12. The van der Waals surface area contributed by atoms with Gasteiger partial charge in [-0.05, 0) is 173 Å². The fourth-order valence-electron chi connectivity index (χ4n) is 12.7. The number of hydrogen-bond acceptors (Lipinski definition) is 10. The van der Waals surface area contributed by atoms with Gasteiger partial charge in [0.15, 0.2) is 0 Å². The van der Waals surface area contributed by atoms with Crippen molar-refractivity contribution in [2.45, 2.75) is 55.4 Å². The van der Waals surface area contributed by atoms with Gasteiger partial charge < -0.3 is 9.42 Å². The van der Waals surface area contributed by atoms with Crippen LogP contribution in [0.5, 0.6) is 0 Å². The number of anilines is 1. The number of thioether (sulfide) groups is 1. The van der Waals surface area contributed by atoms with Crippen molar-refractivity contribution >= 4 is 33.9 Å². The number of rotatable bonds is 12. The molecular formula is C90H73N8ORh4S2-3. The van der Waals surface area contributed by atoms with Crippen molar-refractivity contribution in [1.82, 2.24) is 34.3 Å². The number of aryl methyl sites for hydroxylation is 9. The molecule has 530 valence electrons. The average molecular weight is 1760 g/mol. The first-order valence-corrected chi connectivity index (χ1v) is 35.1. The van der Waals surface area contributed by atoms with E-state index in [1.165, 1.54) is 105 Å². The van der Waals surface area contributed by atoms with E-state index in [1.807, 2.05) is 121 Å². The van der Waals surface area contributed by atoms with Crippen LogP contribution in [0.4, 0.5) is 5.69 Å². The predicted octanol–water partition coefficient (Wildman–Crippen LogP) is 23.1. The summed E-state index contributed by atoms with van der Waals surface area (Å²) in [4.78, 5) is 17.5. The Morgan fingerprint density at radius 3 is 1.15 bits per heavy atom. The van der Waals surface area contributed by atoms with Crippen LogP contribution >= 0.6 is 23.3 Å². The minimum atomic E-state index is 0. The van der Waals surface area contributed by atoms with Gasteiger partial charge in [0.2, 0.25) is 5.89 Å². The summed E-state index contributed by atoms with van der Waals surface area (Å²) in [6.07, 6.45) is 2.20. The first kappa shape index (κ1) is 80.0. The van der Waals surface area contributed by atoms with Gasteiger partial charge in [0.25, 0.3) is 0 Å². The predicted molar refractivity (Wildman–Crippen MR) is 418 cm³/mol. The van der Waals surface area contributed by atoms with Crippen molar-refractivity contribution in [3.63, 3.8) is 0 Å². The summed E-state index contributed by atoms with van der Waals surface area (Å²) in [5.41, 5.74) is 27.9. The van der Waals surface area contributed by atoms with E-state index in [1.54, 1.807) is 11.8 Å². The first-order valence-electron chi connectivity index (χ1n) is 33.4. The molecule has 105 heavy (non-hydrogen) atoms. The molecule has 16 rings (SSSR count). The summed E-state index contributed by atoms with van der Waals surface area (Å²) in [6.45, 7) is 17.1. The zero-order chi connectivity index (χ0) is 69.8. The molecule has 0 amide bonds. The van der Waals surface area contributed by atoms with Crippen LogP contribution in [0.15, 0.2) is 278 Å². The number of para-hydroxylation sites is 1. The Morgan fingerprint density at radius 1 is 0.371 bits per heavy atom. The topological polar surface area (TPSA) is 98.6 Å². The quantitative estimate of drug-likeness (QED) is 0.0875. The molecule has 0 N–H and O–H groups in total. The van der Waals surface area contributed by atoms with Gasteiger partial charge >= 0.3 is 19.5 Å². The fraction of sp³-hybridized carbons (Fsp3) is 0.100. The van der Waals surface area contributed by atoms with E-state index < -0.39 is 0 Å². The molecular weight excluding hydrogens is 1680 g/mol. The van der Waals surface area contributed by atoms with E-state index in [4.69, 9.17) is 14.5 Å². The Kier molecular flexibility index (Phi) is 28.7. The second-order valence-corrected chi connectivity index (χ2v) is 26.5. The van der Waals surface area contributed by atoms with Crippen LogP contribution in [0.2, 0.25) is 0 Å². The minimum Gasteiger partial charge on any atom is -0.509 e. The Balaban J connectivity index is 0.000000160. The van der Waals surface area contributed by atoms with Gasteiger partial charge in [-0.25, -0.2) is 14.5 Å². The fourth-order valence-corrected chi connectivity index (χ4v) is 14.6. The number of hydrogen-bond donors (Lipinski definition) is 0. The van der Waals surface area contributed by atoms with E-state index in [0.717, 1.165) is 61.3 Å². The zero-order valence-electron chi connectivity index (χ0n) is 59.2. The maximum absolute atomic E-state index is 5.53. The molecule has 0 spiro atoms. The van der Waals surface area contributed by atoms with E-state index in [0.29, 0.717) is 17.5 Å². The van der Waals surface area contributed by atoms with Gasteiger partial charge in [-0.1, -0.05) is 170 Å². The molecule has 0 unspecified atom stereocenters. The standard InChI is InChI=1S/C23H20N3.C23H19NS.C22H17N2O.C22H17N2S.4Rh/c1-16-14-20(18-10-6-4-7-11-18)15-17(2)21(16)23-24-22(25-26(23)3)19-12-8-5-9-13-19;1-17-13-20(19-9-5-3-6-10-19)14-18(2)23(17)22-15-24(16-25-22)21-11-7-4-8-12-21;2*1-15-13-19(17-9-5-3-6-10-17)14-16(2)20(15)22-23-21(24-25-22)18-11-7-4-8-12-18;;;;/h4-12,14-15H,1-3H3;3-11,13-16H,1-2H3;2*3-11,13-14H,1-2H3;;;;/q-1;-2;2*-1;;;;+2. The van der Waals surface area contributed by atoms with E-state index in [-0.39, 0.29) is 77.9 Å². The monoisotopic (exact) mass is 1760 g/mol. The molecule has 15 heteroatoms. The zero-order valence-corrected chi connectivity index (χ0v) is 67.4. The third-order valence-electron chi connectivity index (χ3n) is 17.4. The SMILES string of the molecule is Cc1cc(-c2ccccc2)cc(C)c1-c1nc(-c2[c-]cccc2)nn1C.Cc1cc(-c2ccccc2)cc(C)c1-c1nc(-c2[c-]cccc2)no1.Cc1cc(-c2ccccc2)cc(C)c1-c1nc(-c2[c-]cccc2)ns1.Cc1cc(-c2ccccc2)cc(C)c1C1=CN(c2[c-]cccc2)[CH-]S1.[Rh+2].[Rh].[Rh].[Rh]. The van der Waals surface area contributed by atoms with Crippen LogP contribution in [0.3, 0.4) is 0 Å². The molecule has 1 aliphatic heterocycles. The van der Waals surface area contributed by atoms with Crippen LogP contribution < -0.4 is 4.90 Å². The molecule has 0 aliphatic carbocycles. The molecule has 4 radical (unpaired) electrons. The van der Waals surface area contributed by atoms with Crippen LogP contribution in [-0.2, 0) is 85.0 Å². The van der Waals surface area contributed by atoms with Crippen molar-refractivity contribution < 1.29 is 82.4 Å². The summed E-state index contributed by atoms with van der Waals surface area (Å²) in [5.74, 6) is 5.57. The minimum absolute atomic E-state index is 0. The van der Waals surface area contributed by atoms with Crippen LogP contribution in [0.25, 0.3) is 117 Å². The van der Waals surface area contributed by atoms with Crippen molar-refractivity contribution in [1.29, 1.82) is 0 Å². The average Bonchev–Trinajstić information content (AvgIpc) is 1.76. The summed E-state index contributed by atoms with van der Waals surface area (Å²) >= 11 is 3.22. The van der Waals surface area contributed by atoms with Gasteiger partial charge in [0.05, 0.1) is 11.6 Å². The number of nitrogens with zero attached hydrogens (tertiary/aromatic N) is 8. The Morgan fingerprint density at radius 2 is 0.743 bits per heavy atom. The Bertz CT molecular complexity index is 5080. The first-order chi connectivity index (χ1) is 49.3. The van der Waals surface area contributed by atoms with Gasteiger partial charge in [0, 0.05) is 82.2 Å². The molecule has 0 bridgehead atoms. The maximum Gasteiger partial charge on any atom is 2.00 e. The van der Waals surface area contributed by atoms with Crippen LogP contribution in [0, 0.1) is 85.5 Å². The second kappa shape index (κ2) is 37.7. The molecule has 12 aromatic carbocycles. The van der Waals surface area contributed by atoms with Crippen LogP contribution in [-0.4, -0.2) is 34.3 Å². The summed E-state index contributed by atoms with van der Waals surface area (Å²) < 4.78 is 11.9. The third kappa shape index (κ3) is 19.3. The Hall–Kier alpha value is -9.14. The summed E-state index contributed by atoms with van der Waals surface area (Å²) in [5, 5.41) is 9.66.